The molecular weight excluding hydrogens is 312 g/mol. The van der Waals surface area contributed by atoms with Crippen LogP contribution in [0.3, 0.4) is 0 Å². The van der Waals surface area contributed by atoms with Crippen LogP contribution in [0.5, 0.6) is 0 Å². The number of halogens is 1. The first kappa shape index (κ1) is 17.0. The van der Waals surface area contributed by atoms with E-state index in [1.165, 1.54) is 21.8 Å². The van der Waals surface area contributed by atoms with Gasteiger partial charge >= 0.3 is 0 Å². The standard InChI is InChI=1S/C18H22N2S.ClH/c1-12(2)18-19-15-8-6-5-7-14(15)11-16(20(18)4)17-13(3)9-10-21-17;/h5-10,12,16H,11H2,1-4H3;1H. The van der Waals surface area contributed by atoms with Crippen molar-refractivity contribution in [2.75, 3.05) is 7.05 Å². The van der Waals surface area contributed by atoms with Gasteiger partial charge in [0.2, 0.25) is 0 Å². The second-order valence-electron chi connectivity index (χ2n) is 6.05. The lowest BCUT2D eigenvalue weighted by molar-refractivity contribution is 0.365. The van der Waals surface area contributed by atoms with E-state index in [2.05, 4.69) is 68.4 Å². The van der Waals surface area contributed by atoms with Crippen molar-refractivity contribution < 1.29 is 0 Å². The molecule has 0 amide bonds. The molecule has 0 radical (unpaired) electrons. The smallest absolute Gasteiger partial charge is 0.108 e. The molecule has 0 N–H and O–H groups in total. The van der Waals surface area contributed by atoms with Gasteiger partial charge in [-0.1, -0.05) is 32.0 Å². The second-order valence-corrected chi connectivity index (χ2v) is 7.00. The lowest BCUT2D eigenvalue weighted by atomic mass is 10.0. The Hall–Kier alpha value is -1.32. The minimum Gasteiger partial charge on any atom is -0.355 e. The highest BCUT2D eigenvalue weighted by molar-refractivity contribution is 7.10. The lowest BCUT2D eigenvalue weighted by Crippen LogP contribution is -2.34. The fourth-order valence-electron chi connectivity index (χ4n) is 3.03. The zero-order valence-corrected chi connectivity index (χ0v) is 15.2. The number of aryl methyl sites for hydroxylation is 1. The summed E-state index contributed by atoms with van der Waals surface area (Å²) < 4.78 is 0. The van der Waals surface area contributed by atoms with E-state index in [1.54, 1.807) is 0 Å². The van der Waals surface area contributed by atoms with Gasteiger partial charge in [-0.25, -0.2) is 4.99 Å². The molecule has 3 rings (SSSR count). The van der Waals surface area contributed by atoms with Crippen LogP contribution in [0.25, 0.3) is 0 Å². The normalized spacial score (nSPS) is 17.6. The van der Waals surface area contributed by atoms with Crippen molar-refractivity contribution in [2.24, 2.45) is 10.9 Å². The van der Waals surface area contributed by atoms with Gasteiger partial charge in [0.1, 0.15) is 5.84 Å². The van der Waals surface area contributed by atoms with E-state index in [4.69, 9.17) is 4.99 Å². The number of hydrogen-bond donors (Lipinski definition) is 0. The van der Waals surface area contributed by atoms with Crippen LogP contribution in [-0.2, 0) is 6.42 Å². The van der Waals surface area contributed by atoms with Crippen LogP contribution in [0.4, 0.5) is 5.69 Å². The van der Waals surface area contributed by atoms with Gasteiger partial charge in [-0.2, -0.15) is 0 Å². The van der Waals surface area contributed by atoms with Crippen LogP contribution in [-0.4, -0.2) is 17.8 Å². The third-order valence-corrected chi connectivity index (χ3v) is 5.31. The van der Waals surface area contributed by atoms with Crippen molar-refractivity contribution in [2.45, 2.75) is 33.2 Å². The molecule has 0 saturated heterocycles. The molecule has 1 unspecified atom stereocenters. The molecular formula is C18H23ClN2S. The van der Waals surface area contributed by atoms with E-state index in [-0.39, 0.29) is 12.4 Å². The second kappa shape index (κ2) is 6.84. The maximum atomic E-state index is 4.96. The zero-order valence-electron chi connectivity index (χ0n) is 13.5. The van der Waals surface area contributed by atoms with Gasteiger partial charge in [-0.15, -0.1) is 23.7 Å². The number of benzene rings is 1. The summed E-state index contributed by atoms with van der Waals surface area (Å²) in [6, 6.07) is 11.1. The molecule has 1 aliphatic heterocycles. The fraction of sp³-hybridized carbons (Fsp3) is 0.389. The van der Waals surface area contributed by atoms with Gasteiger partial charge in [0.15, 0.2) is 0 Å². The zero-order chi connectivity index (χ0) is 15.0. The molecule has 0 spiro atoms. The van der Waals surface area contributed by atoms with Gasteiger partial charge in [0.25, 0.3) is 0 Å². The number of amidine groups is 1. The molecule has 0 bridgehead atoms. The largest absolute Gasteiger partial charge is 0.355 e. The minimum absolute atomic E-state index is 0. The average Bonchev–Trinajstić information content (AvgIpc) is 2.81. The van der Waals surface area contributed by atoms with Gasteiger partial charge in [-0.3, -0.25) is 0 Å². The maximum Gasteiger partial charge on any atom is 0.108 e. The highest BCUT2D eigenvalue weighted by atomic mass is 35.5. The summed E-state index contributed by atoms with van der Waals surface area (Å²) >= 11 is 1.86. The molecule has 4 heteroatoms. The summed E-state index contributed by atoms with van der Waals surface area (Å²) in [4.78, 5) is 8.80. The first-order valence-corrected chi connectivity index (χ1v) is 8.39. The summed E-state index contributed by atoms with van der Waals surface area (Å²) in [7, 11) is 2.19. The van der Waals surface area contributed by atoms with E-state index in [1.807, 2.05) is 11.3 Å². The quantitative estimate of drug-likeness (QED) is 0.718. The number of aliphatic imine (C=N–C) groups is 1. The van der Waals surface area contributed by atoms with E-state index in [9.17, 15) is 0 Å². The predicted octanol–water partition coefficient (Wildman–Crippen LogP) is 5.39. The van der Waals surface area contributed by atoms with Crippen molar-refractivity contribution in [3.63, 3.8) is 0 Å². The number of fused-ring (bicyclic) bond motifs is 1. The van der Waals surface area contributed by atoms with Gasteiger partial charge in [-0.05, 0) is 42.0 Å². The van der Waals surface area contributed by atoms with E-state index in [0.29, 0.717) is 12.0 Å². The summed E-state index contributed by atoms with van der Waals surface area (Å²) in [5, 5.41) is 2.20. The van der Waals surface area contributed by atoms with Crippen molar-refractivity contribution in [3.8, 4) is 0 Å². The van der Waals surface area contributed by atoms with E-state index < -0.39 is 0 Å². The van der Waals surface area contributed by atoms with Crippen molar-refractivity contribution in [1.82, 2.24) is 4.90 Å². The minimum atomic E-state index is 0. The first-order valence-electron chi connectivity index (χ1n) is 7.51. The van der Waals surface area contributed by atoms with Crippen LogP contribution in [0.1, 0.15) is 35.9 Å². The maximum absolute atomic E-state index is 4.96. The lowest BCUT2D eigenvalue weighted by Gasteiger charge is -2.31. The Kier molecular flexibility index (Phi) is 5.30. The van der Waals surface area contributed by atoms with Gasteiger partial charge < -0.3 is 4.90 Å². The van der Waals surface area contributed by atoms with E-state index >= 15 is 0 Å². The van der Waals surface area contributed by atoms with Crippen LogP contribution >= 0.6 is 23.7 Å². The van der Waals surface area contributed by atoms with Crippen LogP contribution in [0, 0.1) is 12.8 Å². The molecule has 1 aliphatic rings. The summed E-state index contributed by atoms with van der Waals surface area (Å²) in [6.45, 7) is 6.66. The van der Waals surface area contributed by atoms with Crippen molar-refractivity contribution in [1.29, 1.82) is 0 Å². The molecule has 2 nitrogen and oxygen atoms in total. The summed E-state index contributed by atoms with van der Waals surface area (Å²) in [5.74, 6) is 1.60. The number of rotatable bonds is 2. The Bertz CT molecular complexity index is 675. The Morgan fingerprint density at radius 3 is 2.59 bits per heavy atom. The number of thiophene rings is 1. The van der Waals surface area contributed by atoms with Crippen molar-refractivity contribution >= 4 is 35.3 Å². The molecule has 2 aromatic rings. The molecule has 0 aliphatic carbocycles. The number of likely N-dealkylation sites (N-methyl/N-ethyl adjacent to an activating group) is 1. The fourth-order valence-corrected chi connectivity index (χ4v) is 4.10. The molecule has 1 atom stereocenters. The van der Waals surface area contributed by atoms with Gasteiger partial charge in [0.05, 0.1) is 11.7 Å². The number of nitrogens with zero attached hydrogens (tertiary/aromatic N) is 2. The monoisotopic (exact) mass is 334 g/mol. The SMILES string of the molecule is Cc1ccsc1C1Cc2ccccc2N=C(C(C)C)N1C.Cl. The molecule has 22 heavy (non-hydrogen) atoms. The first-order chi connectivity index (χ1) is 10.1. The Labute approximate surface area is 143 Å². The summed E-state index contributed by atoms with van der Waals surface area (Å²) in [5.41, 5.74) is 3.86. The molecule has 118 valence electrons. The van der Waals surface area contributed by atoms with Gasteiger partial charge in [0, 0.05) is 17.8 Å². The van der Waals surface area contributed by atoms with E-state index in [0.717, 1.165) is 12.1 Å². The number of para-hydroxylation sites is 1. The Balaban J connectivity index is 0.00000176. The van der Waals surface area contributed by atoms with Crippen LogP contribution < -0.4 is 0 Å². The molecule has 1 aromatic carbocycles. The molecule has 0 fully saturated rings. The molecule has 2 heterocycles. The molecule has 0 saturated carbocycles. The third-order valence-electron chi connectivity index (χ3n) is 4.19. The van der Waals surface area contributed by atoms with Crippen molar-refractivity contribution in [3.05, 3.63) is 51.7 Å². The highest BCUT2D eigenvalue weighted by Gasteiger charge is 2.28. The molecule has 1 aromatic heterocycles. The predicted molar refractivity (Wildman–Crippen MR) is 98.9 cm³/mol. The number of hydrogen-bond acceptors (Lipinski definition) is 3. The van der Waals surface area contributed by atoms with Crippen LogP contribution in [0.2, 0.25) is 0 Å². The topological polar surface area (TPSA) is 15.6 Å². The highest BCUT2D eigenvalue weighted by Crippen LogP contribution is 2.37. The Morgan fingerprint density at radius 1 is 1.23 bits per heavy atom. The third kappa shape index (κ3) is 3.06. The summed E-state index contributed by atoms with van der Waals surface area (Å²) in [6.07, 6.45) is 1.02. The van der Waals surface area contributed by atoms with Crippen LogP contribution in [0.15, 0.2) is 40.7 Å². The Morgan fingerprint density at radius 2 is 1.95 bits per heavy atom. The average molecular weight is 335 g/mol.